The van der Waals surface area contributed by atoms with Gasteiger partial charge in [-0.2, -0.15) is 11.3 Å². The highest BCUT2D eigenvalue weighted by Gasteiger charge is 2.09. The molecular formula is C12H12ClNO2S. The van der Waals surface area contributed by atoms with E-state index in [4.69, 9.17) is 16.3 Å². The van der Waals surface area contributed by atoms with Gasteiger partial charge in [0.25, 0.3) is 0 Å². The van der Waals surface area contributed by atoms with Crippen LogP contribution in [0.5, 0.6) is 11.5 Å². The van der Waals surface area contributed by atoms with Gasteiger partial charge in [-0.15, -0.1) is 0 Å². The van der Waals surface area contributed by atoms with Crippen molar-refractivity contribution in [3.8, 4) is 11.5 Å². The van der Waals surface area contributed by atoms with Crippen LogP contribution in [0, 0.1) is 0 Å². The van der Waals surface area contributed by atoms with Gasteiger partial charge in [-0.1, -0.05) is 11.6 Å². The summed E-state index contributed by atoms with van der Waals surface area (Å²) in [6.45, 7) is 0.499. The summed E-state index contributed by atoms with van der Waals surface area (Å²) in [5, 5.41) is 17.6. The molecule has 90 valence electrons. The monoisotopic (exact) mass is 269 g/mol. The minimum absolute atomic E-state index is 0.125. The van der Waals surface area contributed by atoms with Gasteiger partial charge in [0.15, 0.2) is 11.5 Å². The molecule has 3 nitrogen and oxygen atoms in total. The number of methoxy groups -OCH3 is 1. The first-order valence-electron chi connectivity index (χ1n) is 5.02. The number of nitrogens with one attached hydrogen (secondary N) is 1. The summed E-state index contributed by atoms with van der Waals surface area (Å²) in [7, 11) is 1.50. The molecule has 1 aromatic heterocycles. The van der Waals surface area contributed by atoms with Gasteiger partial charge in [0.1, 0.15) is 0 Å². The summed E-state index contributed by atoms with van der Waals surface area (Å²) in [6.07, 6.45) is 0. The van der Waals surface area contributed by atoms with Crippen molar-refractivity contribution in [2.75, 3.05) is 12.4 Å². The molecule has 1 heterocycles. The van der Waals surface area contributed by atoms with Gasteiger partial charge < -0.3 is 15.2 Å². The largest absolute Gasteiger partial charge is 0.504 e. The average molecular weight is 270 g/mol. The number of benzene rings is 1. The van der Waals surface area contributed by atoms with Gasteiger partial charge in [-0.05, 0) is 17.5 Å². The second-order valence-electron chi connectivity index (χ2n) is 3.48. The van der Waals surface area contributed by atoms with Gasteiger partial charge in [0, 0.05) is 34.3 Å². The second kappa shape index (κ2) is 5.29. The molecular weight excluding hydrogens is 258 g/mol. The topological polar surface area (TPSA) is 41.5 Å². The number of phenols is 1. The zero-order valence-corrected chi connectivity index (χ0v) is 10.8. The third-order valence-corrected chi connectivity index (χ3v) is 3.24. The lowest BCUT2D eigenvalue weighted by molar-refractivity contribution is 0.371. The van der Waals surface area contributed by atoms with E-state index in [1.54, 1.807) is 23.5 Å². The smallest absolute Gasteiger partial charge is 0.162 e. The molecule has 0 aliphatic carbocycles. The van der Waals surface area contributed by atoms with Gasteiger partial charge >= 0.3 is 0 Å². The molecule has 5 heteroatoms. The van der Waals surface area contributed by atoms with Crippen LogP contribution in [0.25, 0.3) is 0 Å². The fraction of sp³-hybridized carbons (Fsp3) is 0.167. The van der Waals surface area contributed by atoms with E-state index >= 15 is 0 Å². The molecule has 2 rings (SSSR count). The van der Waals surface area contributed by atoms with Crippen LogP contribution in [0.3, 0.4) is 0 Å². The minimum Gasteiger partial charge on any atom is -0.504 e. The van der Waals surface area contributed by atoms with E-state index in [0.717, 1.165) is 5.69 Å². The summed E-state index contributed by atoms with van der Waals surface area (Å²) in [5.74, 6) is 0.513. The van der Waals surface area contributed by atoms with Crippen molar-refractivity contribution in [3.05, 3.63) is 39.5 Å². The molecule has 0 radical (unpaired) electrons. The Kier molecular flexibility index (Phi) is 3.76. The summed E-state index contributed by atoms with van der Waals surface area (Å²) in [5.41, 5.74) is 1.73. The van der Waals surface area contributed by atoms with Crippen molar-refractivity contribution in [2.24, 2.45) is 0 Å². The van der Waals surface area contributed by atoms with Gasteiger partial charge in [-0.3, -0.25) is 0 Å². The lowest BCUT2D eigenvalue weighted by atomic mass is 10.2. The summed E-state index contributed by atoms with van der Waals surface area (Å²) >= 11 is 7.56. The zero-order valence-electron chi connectivity index (χ0n) is 9.24. The number of aromatic hydroxyl groups is 1. The van der Waals surface area contributed by atoms with Crippen LogP contribution >= 0.6 is 22.9 Å². The molecule has 0 atom stereocenters. The second-order valence-corrected chi connectivity index (χ2v) is 4.70. The molecule has 0 fully saturated rings. The predicted octanol–water partition coefficient (Wildman–Crippen LogP) is 3.73. The van der Waals surface area contributed by atoms with Crippen molar-refractivity contribution < 1.29 is 9.84 Å². The van der Waals surface area contributed by atoms with Gasteiger partial charge in [-0.25, -0.2) is 0 Å². The molecule has 0 amide bonds. The number of hydrogen-bond acceptors (Lipinski definition) is 4. The Bertz CT molecular complexity index is 499. The Morgan fingerprint density at radius 1 is 1.47 bits per heavy atom. The van der Waals surface area contributed by atoms with E-state index in [9.17, 15) is 5.11 Å². The number of rotatable bonds is 4. The first-order chi connectivity index (χ1) is 8.20. The summed E-state index contributed by atoms with van der Waals surface area (Å²) < 4.78 is 5.04. The van der Waals surface area contributed by atoms with Gasteiger partial charge in [0.05, 0.1) is 7.11 Å². The first-order valence-corrected chi connectivity index (χ1v) is 6.34. The molecule has 0 aliphatic heterocycles. The molecule has 0 saturated heterocycles. The quantitative estimate of drug-likeness (QED) is 0.889. The zero-order chi connectivity index (χ0) is 12.3. The maximum atomic E-state index is 9.92. The van der Waals surface area contributed by atoms with Crippen molar-refractivity contribution in [1.29, 1.82) is 0 Å². The maximum absolute atomic E-state index is 9.92. The summed E-state index contributed by atoms with van der Waals surface area (Å²) in [6, 6.07) is 5.28. The van der Waals surface area contributed by atoms with Crippen LogP contribution in [-0.2, 0) is 6.54 Å². The Hall–Kier alpha value is -1.39. The number of phenolic OH excluding ortho intramolecular Hbond substituents is 1. The number of halogens is 1. The highest BCUT2D eigenvalue weighted by molar-refractivity contribution is 7.08. The van der Waals surface area contributed by atoms with Crippen LogP contribution in [-0.4, -0.2) is 12.2 Å². The van der Waals surface area contributed by atoms with E-state index < -0.39 is 0 Å². The standard InChI is InChI=1S/C12H12ClNO2S/c1-16-11-5-9(13)4-8(12(11)15)6-14-10-2-3-17-7-10/h2-5,7,14-15H,6H2,1H3. The fourth-order valence-electron chi connectivity index (χ4n) is 1.48. The first kappa shape index (κ1) is 12.1. The minimum atomic E-state index is 0.125. The Labute approximate surface area is 109 Å². The molecule has 0 aliphatic rings. The van der Waals surface area contributed by atoms with E-state index in [1.807, 2.05) is 16.8 Å². The molecule has 2 aromatic rings. The molecule has 0 bridgehead atoms. The van der Waals surface area contributed by atoms with Crippen LogP contribution < -0.4 is 10.1 Å². The lowest BCUT2D eigenvalue weighted by Gasteiger charge is -2.10. The predicted molar refractivity (Wildman–Crippen MR) is 71.3 cm³/mol. The Morgan fingerprint density at radius 2 is 2.29 bits per heavy atom. The molecule has 1 aromatic carbocycles. The number of ether oxygens (including phenoxy) is 1. The Morgan fingerprint density at radius 3 is 2.94 bits per heavy atom. The number of thiophene rings is 1. The van der Waals surface area contributed by atoms with Crippen molar-refractivity contribution >= 4 is 28.6 Å². The highest BCUT2D eigenvalue weighted by atomic mass is 35.5. The van der Waals surface area contributed by atoms with Crippen molar-refractivity contribution in [2.45, 2.75) is 6.54 Å². The molecule has 0 unspecified atom stereocenters. The van der Waals surface area contributed by atoms with Crippen LogP contribution in [0.4, 0.5) is 5.69 Å². The SMILES string of the molecule is COc1cc(Cl)cc(CNc2ccsc2)c1O. The van der Waals surface area contributed by atoms with E-state index in [-0.39, 0.29) is 5.75 Å². The normalized spacial score (nSPS) is 10.2. The molecule has 0 spiro atoms. The van der Waals surface area contributed by atoms with E-state index in [2.05, 4.69) is 5.32 Å². The molecule has 17 heavy (non-hydrogen) atoms. The average Bonchev–Trinajstić information content (AvgIpc) is 2.82. The third kappa shape index (κ3) is 2.84. The highest BCUT2D eigenvalue weighted by Crippen LogP contribution is 2.33. The lowest BCUT2D eigenvalue weighted by Crippen LogP contribution is -1.99. The fourth-order valence-corrected chi connectivity index (χ4v) is 2.32. The molecule has 0 saturated carbocycles. The number of hydrogen-bond donors (Lipinski definition) is 2. The van der Waals surface area contributed by atoms with E-state index in [0.29, 0.717) is 22.9 Å². The Balaban J connectivity index is 2.17. The van der Waals surface area contributed by atoms with Gasteiger partial charge in [0.2, 0.25) is 0 Å². The summed E-state index contributed by atoms with van der Waals surface area (Å²) in [4.78, 5) is 0. The van der Waals surface area contributed by atoms with Crippen molar-refractivity contribution in [1.82, 2.24) is 0 Å². The van der Waals surface area contributed by atoms with E-state index in [1.165, 1.54) is 7.11 Å². The van der Waals surface area contributed by atoms with Crippen LogP contribution in [0.15, 0.2) is 29.0 Å². The van der Waals surface area contributed by atoms with Crippen LogP contribution in [0.2, 0.25) is 5.02 Å². The maximum Gasteiger partial charge on any atom is 0.162 e. The van der Waals surface area contributed by atoms with Crippen molar-refractivity contribution in [3.63, 3.8) is 0 Å². The molecule has 2 N–H and O–H groups in total. The number of anilines is 1. The third-order valence-electron chi connectivity index (χ3n) is 2.34. The van der Waals surface area contributed by atoms with Crippen LogP contribution in [0.1, 0.15) is 5.56 Å².